The van der Waals surface area contributed by atoms with Crippen molar-refractivity contribution in [2.75, 3.05) is 0 Å². The molecule has 0 aliphatic carbocycles. The predicted molar refractivity (Wildman–Crippen MR) is 51.9 cm³/mol. The minimum atomic E-state index is 0.507. The molecule has 2 nitrogen and oxygen atoms in total. The highest BCUT2D eigenvalue weighted by molar-refractivity contribution is 9.13. The van der Waals surface area contributed by atoms with Gasteiger partial charge in [0.2, 0.25) is 0 Å². The van der Waals surface area contributed by atoms with E-state index in [9.17, 15) is 4.79 Å². The van der Waals surface area contributed by atoms with Gasteiger partial charge in [-0.05, 0) is 44.0 Å². The molecular weight excluding hydrogens is 286 g/mol. The van der Waals surface area contributed by atoms with E-state index < -0.39 is 0 Å². The van der Waals surface area contributed by atoms with Crippen LogP contribution in [-0.4, -0.2) is 6.29 Å². The Bertz CT molecular complexity index is 368. The fraction of sp³-hybridized carbons (Fsp3) is 0. The minimum absolute atomic E-state index is 0.507. The molecule has 0 saturated carbocycles. The molecule has 0 aliphatic rings. The van der Waals surface area contributed by atoms with Crippen molar-refractivity contribution in [3.8, 4) is 6.07 Å². The second-order valence-electron chi connectivity index (χ2n) is 2.06. The van der Waals surface area contributed by atoms with E-state index in [-0.39, 0.29) is 0 Å². The van der Waals surface area contributed by atoms with Crippen molar-refractivity contribution in [1.82, 2.24) is 0 Å². The summed E-state index contributed by atoms with van der Waals surface area (Å²) in [6.07, 6.45) is 0.732. The number of aldehydes is 1. The maximum Gasteiger partial charge on any atom is 0.151 e. The van der Waals surface area contributed by atoms with E-state index >= 15 is 0 Å². The third kappa shape index (κ3) is 1.57. The summed E-state index contributed by atoms with van der Waals surface area (Å²) in [4.78, 5) is 10.4. The van der Waals surface area contributed by atoms with Gasteiger partial charge in [0, 0.05) is 10.0 Å². The molecule has 0 amide bonds. The molecule has 0 radical (unpaired) electrons. The SMILES string of the molecule is N#Cc1ccc(C=O)c(Br)c1Br. The number of carbonyl (C=O) groups excluding carboxylic acids is 1. The monoisotopic (exact) mass is 287 g/mol. The van der Waals surface area contributed by atoms with Crippen LogP contribution in [0.2, 0.25) is 0 Å². The van der Waals surface area contributed by atoms with Gasteiger partial charge in [0.1, 0.15) is 6.07 Å². The fourth-order valence-corrected chi connectivity index (χ4v) is 1.63. The standard InChI is InChI=1S/C8H3Br2NO/c9-7-5(3-11)1-2-6(4-12)8(7)10/h1-2,4H. The van der Waals surface area contributed by atoms with Crippen molar-refractivity contribution in [3.05, 3.63) is 32.2 Å². The van der Waals surface area contributed by atoms with Gasteiger partial charge in [-0.2, -0.15) is 5.26 Å². The fourth-order valence-electron chi connectivity index (χ4n) is 0.742. The van der Waals surface area contributed by atoms with Crippen molar-refractivity contribution >= 4 is 38.1 Å². The van der Waals surface area contributed by atoms with Crippen LogP contribution in [0.3, 0.4) is 0 Å². The highest BCUT2D eigenvalue weighted by Gasteiger charge is 2.07. The predicted octanol–water partition coefficient (Wildman–Crippen LogP) is 2.90. The van der Waals surface area contributed by atoms with E-state index in [2.05, 4.69) is 31.9 Å². The normalized spacial score (nSPS) is 9.08. The number of carbonyl (C=O) groups is 1. The number of benzene rings is 1. The third-order valence-corrected chi connectivity index (χ3v) is 3.57. The Balaban J connectivity index is 3.41. The van der Waals surface area contributed by atoms with E-state index in [1.807, 2.05) is 6.07 Å². The topological polar surface area (TPSA) is 40.9 Å². The first-order valence-corrected chi connectivity index (χ1v) is 4.62. The first-order valence-electron chi connectivity index (χ1n) is 3.04. The summed E-state index contributed by atoms with van der Waals surface area (Å²) in [5, 5.41) is 8.62. The van der Waals surface area contributed by atoms with Gasteiger partial charge in [-0.1, -0.05) is 0 Å². The largest absolute Gasteiger partial charge is 0.298 e. The van der Waals surface area contributed by atoms with Crippen molar-refractivity contribution < 1.29 is 4.79 Å². The molecular formula is C8H3Br2NO. The second kappa shape index (κ2) is 3.83. The van der Waals surface area contributed by atoms with Crippen LogP contribution in [0.15, 0.2) is 21.1 Å². The summed E-state index contributed by atoms with van der Waals surface area (Å²) in [7, 11) is 0. The zero-order chi connectivity index (χ0) is 9.14. The maximum atomic E-state index is 10.4. The van der Waals surface area contributed by atoms with Gasteiger partial charge in [0.25, 0.3) is 0 Å². The molecule has 1 rings (SSSR count). The van der Waals surface area contributed by atoms with Crippen molar-refractivity contribution in [2.24, 2.45) is 0 Å². The molecule has 1 aromatic rings. The van der Waals surface area contributed by atoms with E-state index in [1.165, 1.54) is 0 Å². The van der Waals surface area contributed by atoms with E-state index in [1.54, 1.807) is 12.1 Å². The van der Waals surface area contributed by atoms with Crippen LogP contribution in [-0.2, 0) is 0 Å². The maximum absolute atomic E-state index is 10.4. The molecule has 0 bridgehead atoms. The summed E-state index contributed by atoms with van der Waals surface area (Å²) in [5.41, 5.74) is 1.04. The Morgan fingerprint density at radius 2 is 2.00 bits per heavy atom. The summed E-state index contributed by atoms with van der Waals surface area (Å²) in [6.45, 7) is 0. The van der Waals surface area contributed by atoms with Crippen LogP contribution in [0.1, 0.15) is 15.9 Å². The van der Waals surface area contributed by atoms with Crippen molar-refractivity contribution in [1.29, 1.82) is 5.26 Å². The zero-order valence-electron chi connectivity index (χ0n) is 5.84. The van der Waals surface area contributed by atoms with Crippen LogP contribution in [0.25, 0.3) is 0 Å². The molecule has 0 aromatic heterocycles. The van der Waals surface area contributed by atoms with E-state index in [4.69, 9.17) is 5.26 Å². The van der Waals surface area contributed by atoms with Crippen LogP contribution in [0, 0.1) is 11.3 Å². The quantitative estimate of drug-likeness (QED) is 0.746. The summed E-state index contributed by atoms with van der Waals surface area (Å²) in [5.74, 6) is 0. The average Bonchev–Trinajstić information content (AvgIpc) is 2.10. The number of hydrogen-bond acceptors (Lipinski definition) is 2. The molecule has 0 N–H and O–H groups in total. The van der Waals surface area contributed by atoms with Gasteiger partial charge in [-0.25, -0.2) is 0 Å². The number of halogens is 2. The summed E-state index contributed by atoms with van der Waals surface area (Å²) in [6, 6.07) is 5.19. The Morgan fingerprint density at radius 3 is 2.50 bits per heavy atom. The lowest BCUT2D eigenvalue weighted by atomic mass is 10.2. The van der Waals surface area contributed by atoms with E-state index in [0.717, 1.165) is 6.29 Å². The van der Waals surface area contributed by atoms with Gasteiger partial charge < -0.3 is 0 Å². The third-order valence-electron chi connectivity index (χ3n) is 1.36. The van der Waals surface area contributed by atoms with Crippen LogP contribution in [0.4, 0.5) is 0 Å². The van der Waals surface area contributed by atoms with Gasteiger partial charge in [-0.3, -0.25) is 4.79 Å². The van der Waals surface area contributed by atoms with Crippen LogP contribution >= 0.6 is 31.9 Å². The lowest BCUT2D eigenvalue weighted by molar-refractivity contribution is 0.112. The highest BCUT2D eigenvalue weighted by atomic mass is 79.9. The Kier molecular flexibility index (Phi) is 3.01. The molecule has 0 saturated heterocycles. The van der Waals surface area contributed by atoms with Gasteiger partial charge in [0.15, 0.2) is 6.29 Å². The first-order chi connectivity index (χ1) is 5.70. The summed E-state index contributed by atoms with van der Waals surface area (Å²) >= 11 is 6.41. The number of rotatable bonds is 1. The number of nitrogens with zero attached hydrogens (tertiary/aromatic N) is 1. The molecule has 12 heavy (non-hydrogen) atoms. The molecule has 60 valence electrons. The molecule has 1 aromatic carbocycles. The molecule has 0 aliphatic heterocycles. The Hall–Kier alpha value is -0.660. The highest BCUT2D eigenvalue weighted by Crippen LogP contribution is 2.28. The van der Waals surface area contributed by atoms with Gasteiger partial charge >= 0.3 is 0 Å². The van der Waals surface area contributed by atoms with Crippen LogP contribution < -0.4 is 0 Å². The first kappa shape index (κ1) is 9.43. The van der Waals surface area contributed by atoms with Crippen LogP contribution in [0.5, 0.6) is 0 Å². The summed E-state index contributed by atoms with van der Waals surface area (Å²) < 4.78 is 1.24. The minimum Gasteiger partial charge on any atom is -0.298 e. The second-order valence-corrected chi connectivity index (χ2v) is 3.65. The van der Waals surface area contributed by atoms with E-state index in [0.29, 0.717) is 20.1 Å². The molecule has 0 fully saturated rings. The smallest absolute Gasteiger partial charge is 0.151 e. The molecule has 0 unspecified atom stereocenters. The molecule has 0 spiro atoms. The molecule has 0 atom stereocenters. The van der Waals surface area contributed by atoms with Crippen molar-refractivity contribution in [3.63, 3.8) is 0 Å². The van der Waals surface area contributed by atoms with Gasteiger partial charge in [0.05, 0.1) is 10.0 Å². The Morgan fingerprint density at radius 1 is 1.33 bits per heavy atom. The molecule has 4 heteroatoms. The van der Waals surface area contributed by atoms with Crippen molar-refractivity contribution in [2.45, 2.75) is 0 Å². The zero-order valence-corrected chi connectivity index (χ0v) is 9.02. The average molecular weight is 289 g/mol. The number of hydrogen-bond donors (Lipinski definition) is 0. The lowest BCUT2D eigenvalue weighted by Gasteiger charge is -2.00. The Labute approximate surface area is 86.5 Å². The molecule has 0 heterocycles. The van der Waals surface area contributed by atoms with Gasteiger partial charge in [-0.15, -0.1) is 0 Å². The lowest BCUT2D eigenvalue weighted by Crippen LogP contribution is -1.86. The number of nitriles is 1.